The van der Waals surface area contributed by atoms with E-state index in [4.69, 9.17) is 11.5 Å². The van der Waals surface area contributed by atoms with Gasteiger partial charge in [0.15, 0.2) is 0 Å². The highest BCUT2D eigenvalue weighted by Crippen LogP contribution is 2.01. The maximum Gasteiger partial charge on any atom is 0.0784 e. The molecule has 4 N–H and O–H groups in total. The first-order chi connectivity index (χ1) is 5.30. The lowest BCUT2D eigenvalue weighted by atomic mass is 10.2. The summed E-state index contributed by atoms with van der Waals surface area (Å²) >= 11 is 3.53. The molecule has 0 saturated carbocycles. The summed E-state index contributed by atoms with van der Waals surface area (Å²) in [6, 6.07) is 9.59. The van der Waals surface area contributed by atoms with Crippen LogP contribution in [0.3, 0.4) is 0 Å². The first-order valence-corrected chi connectivity index (χ1v) is 4.21. The molecule has 0 aliphatic carbocycles. The Morgan fingerprint density at radius 1 is 1.09 bits per heavy atom. The fourth-order valence-electron chi connectivity index (χ4n) is 0.675. The quantitative estimate of drug-likeness (QED) is 0.437. The van der Waals surface area contributed by atoms with Crippen LogP contribution in [0.5, 0.6) is 0 Å². The van der Waals surface area contributed by atoms with E-state index in [1.807, 2.05) is 30.3 Å². The Balaban J connectivity index is 0.000000461. The minimum absolute atomic E-state index is 0.341. The van der Waals surface area contributed by atoms with Crippen LogP contribution >= 0.6 is 12.6 Å². The van der Waals surface area contributed by atoms with Crippen LogP contribution < -0.4 is 11.5 Å². The largest absolute Gasteiger partial charge is 0.312 e. The van der Waals surface area contributed by atoms with Crippen LogP contribution in [0.25, 0.3) is 0 Å². The van der Waals surface area contributed by atoms with Gasteiger partial charge in [-0.15, -0.1) is 0 Å². The summed E-state index contributed by atoms with van der Waals surface area (Å²) in [6.45, 7) is 0. The summed E-state index contributed by atoms with van der Waals surface area (Å²) in [6.07, 6.45) is 1.35. The number of hydrogen-bond acceptors (Lipinski definition) is 3. The Hall–Kier alpha value is -0.510. The summed E-state index contributed by atoms with van der Waals surface area (Å²) in [7, 11) is 0. The highest BCUT2D eigenvalue weighted by molar-refractivity contribution is 7.79. The Bertz CT molecular complexity index is 175. The molecule has 0 heterocycles. The highest BCUT2D eigenvalue weighted by Gasteiger charge is 1.93. The van der Waals surface area contributed by atoms with Gasteiger partial charge in [0.2, 0.25) is 0 Å². The molecule has 11 heavy (non-hydrogen) atoms. The van der Waals surface area contributed by atoms with E-state index in [9.17, 15) is 0 Å². The molecule has 0 bridgehead atoms. The first kappa shape index (κ1) is 10.5. The minimum Gasteiger partial charge on any atom is -0.312 e. The zero-order valence-electron chi connectivity index (χ0n) is 6.57. The molecular weight excluding hydrogens is 156 g/mol. The van der Waals surface area contributed by atoms with Crippen LogP contribution in [0.2, 0.25) is 0 Å². The number of rotatable bonds is 1. The van der Waals surface area contributed by atoms with Gasteiger partial charge in [-0.25, -0.2) is 0 Å². The van der Waals surface area contributed by atoms with E-state index in [-0.39, 0.29) is 6.17 Å². The highest BCUT2D eigenvalue weighted by atomic mass is 32.1. The van der Waals surface area contributed by atoms with E-state index in [0.717, 1.165) is 5.56 Å². The Morgan fingerprint density at radius 3 is 1.82 bits per heavy atom. The van der Waals surface area contributed by atoms with Gasteiger partial charge in [0.05, 0.1) is 6.17 Å². The maximum absolute atomic E-state index is 5.39. The van der Waals surface area contributed by atoms with E-state index in [1.54, 1.807) is 6.26 Å². The molecular formula is C8H14N2S. The van der Waals surface area contributed by atoms with Crippen molar-refractivity contribution < 1.29 is 0 Å². The Labute approximate surface area is 73.0 Å². The fraction of sp³-hybridized carbons (Fsp3) is 0.250. The second kappa shape index (κ2) is 6.22. The molecule has 0 saturated heterocycles. The lowest BCUT2D eigenvalue weighted by molar-refractivity contribution is 0.774. The third kappa shape index (κ3) is 4.03. The average Bonchev–Trinajstić information content (AvgIpc) is 2.10. The number of hydrogen-bond donors (Lipinski definition) is 3. The van der Waals surface area contributed by atoms with Gasteiger partial charge in [-0.1, -0.05) is 30.3 Å². The van der Waals surface area contributed by atoms with Crippen LogP contribution in [0, 0.1) is 0 Å². The molecule has 62 valence electrons. The van der Waals surface area contributed by atoms with Gasteiger partial charge >= 0.3 is 0 Å². The normalized spacial score (nSPS) is 8.82. The zero-order chi connectivity index (χ0) is 8.69. The second-order valence-corrected chi connectivity index (χ2v) is 1.94. The molecule has 0 fully saturated rings. The van der Waals surface area contributed by atoms with Crippen LogP contribution in [-0.2, 0) is 0 Å². The van der Waals surface area contributed by atoms with Gasteiger partial charge in [-0.2, -0.15) is 12.6 Å². The Kier molecular flexibility index (Phi) is 5.93. The predicted molar refractivity (Wildman–Crippen MR) is 52.5 cm³/mol. The van der Waals surface area contributed by atoms with E-state index in [2.05, 4.69) is 12.6 Å². The number of benzene rings is 1. The molecule has 0 radical (unpaired) electrons. The van der Waals surface area contributed by atoms with Gasteiger partial charge in [0.25, 0.3) is 0 Å². The van der Waals surface area contributed by atoms with Gasteiger partial charge < -0.3 is 11.5 Å². The van der Waals surface area contributed by atoms with Crippen LogP contribution in [0.15, 0.2) is 30.3 Å². The minimum atomic E-state index is -0.341. The lowest BCUT2D eigenvalue weighted by Crippen LogP contribution is -2.19. The average molecular weight is 170 g/mol. The molecule has 3 heteroatoms. The zero-order valence-corrected chi connectivity index (χ0v) is 7.46. The van der Waals surface area contributed by atoms with Crippen molar-refractivity contribution in [1.82, 2.24) is 0 Å². The molecule has 0 atom stereocenters. The van der Waals surface area contributed by atoms with E-state index in [0.29, 0.717) is 0 Å². The van der Waals surface area contributed by atoms with Crippen LogP contribution in [0.1, 0.15) is 11.7 Å². The van der Waals surface area contributed by atoms with Crippen LogP contribution in [0.4, 0.5) is 0 Å². The van der Waals surface area contributed by atoms with Crippen molar-refractivity contribution in [2.45, 2.75) is 6.17 Å². The first-order valence-electron chi connectivity index (χ1n) is 3.31. The molecule has 0 aliphatic heterocycles. The summed E-state index contributed by atoms with van der Waals surface area (Å²) in [4.78, 5) is 0. The number of thiol groups is 1. The molecule has 0 unspecified atom stereocenters. The topological polar surface area (TPSA) is 52.0 Å². The van der Waals surface area contributed by atoms with Crippen molar-refractivity contribution in [3.63, 3.8) is 0 Å². The van der Waals surface area contributed by atoms with Crippen molar-refractivity contribution >= 4 is 12.6 Å². The summed E-state index contributed by atoms with van der Waals surface area (Å²) < 4.78 is 0. The molecule has 0 aliphatic rings. The predicted octanol–water partition coefficient (Wildman–Crippen LogP) is 1.15. The van der Waals surface area contributed by atoms with Crippen molar-refractivity contribution in [3.05, 3.63) is 35.9 Å². The summed E-state index contributed by atoms with van der Waals surface area (Å²) in [5, 5.41) is 0. The van der Waals surface area contributed by atoms with Gasteiger partial charge in [0, 0.05) is 0 Å². The summed E-state index contributed by atoms with van der Waals surface area (Å²) in [5.41, 5.74) is 11.8. The molecule has 1 aromatic rings. The third-order valence-electron chi connectivity index (χ3n) is 1.18. The maximum atomic E-state index is 5.39. The molecule has 2 nitrogen and oxygen atoms in total. The Morgan fingerprint density at radius 2 is 1.55 bits per heavy atom. The fourth-order valence-corrected chi connectivity index (χ4v) is 0.675. The van der Waals surface area contributed by atoms with Crippen molar-refractivity contribution in [2.75, 3.05) is 6.26 Å². The van der Waals surface area contributed by atoms with E-state index in [1.165, 1.54) is 0 Å². The molecule has 1 rings (SSSR count). The standard InChI is InChI=1S/C7H10N2.CH4S/c8-7(9)6-4-2-1-3-5-6;1-2/h1-5,7H,8-9H2;2H,1H3. The van der Waals surface area contributed by atoms with Crippen molar-refractivity contribution in [3.8, 4) is 0 Å². The number of nitrogens with two attached hydrogens (primary N) is 2. The monoisotopic (exact) mass is 170 g/mol. The lowest BCUT2D eigenvalue weighted by Gasteiger charge is -2.02. The molecule has 0 spiro atoms. The van der Waals surface area contributed by atoms with Gasteiger partial charge in [-0.05, 0) is 11.8 Å². The molecule has 0 amide bonds. The molecule has 1 aromatic carbocycles. The van der Waals surface area contributed by atoms with Crippen molar-refractivity contribution in [1.29, 1.82) is 0 Å². The van der Waals surface area contributed by atoms with E-state index < -0.39 is 0 Å². The van der Waals surface area contributed by atoms with Gasteiger partial charge in [-0.3, -0.25) is 0 Å². The molecule has 0 aromatic heterocycles. The SMILES string of the molecule is CS.NC(N)c1ccccc1. The third-order valence-corrected chi connectivity index (χ3v) is 1.18. The van der Waals surface area contributed by atoms with Crippen molar-refractivity contribution in [2.24, 2.45) is 11.5 Å². The summed E-state index contributed by atoms with van der Waals surface area (Å²) in [5.74, 6) is 0. The van der Waals surface area contributed by atoms with E-state index >= 15 is 0 Å². The van der Waals surface area contributed by atoms with Crippen LogP contribution in [-0.4, -0.2) is 6.26 Å². The van der Waals surface area contributed by atoms with Gasteiger partial charge in [0.1, 0.15) is 0 Å². The smallest absolute Gasteiger partial charge is 0.0784 e. The second-order valence-electron chi connectivity index (χ2n) is 1.94.